The van der Waals surface area contributed by atoms with E-state index >= 15 is 0 Å². The molecule has 1 aliphatic heterocycles. The van der Waals surface area contributed by atoms with Crippen molar-refractivity contribution in [3.63, 3.8) is 0 Å². The van der Waals surface area contributed by atoms with Gasteiger partial charge in [-0.05, 0) is 93.1 Å². The molecule has 2 aromatic rings. The number of hydrogen-bond acceptors (Lipinski definition) is 4. The fourth-order valence-corrected chi connectivity index (χ4v) is 6.02. The highest BCUT2D eigenvalue weighted by Gasteiger charge is 2.33. The van der Waals surface area contributed by atoms with Gasteiger partial charge in [-0.25, -0.2) is 8.42 Å². The maximum absolute atomic E-state index is 12.9. The van der Waals surface area contributed by atoms with Crippen LogP contribution in [0.15, 0.2) is 53.4 Å². The zero-order valence-corrected chi connectivity index (χ0v) is 22.0. The van der Waals surface area contributed by atoms with Gasteiger partial charge in [0.15, 0.2) is 9.84 Å². The highest BCUT2D eigenvalue weighted by atomic mass is 35.5. The first-order chi connectivity index (χ1) is 15.8. The lowest BCUT2D eigenvalue weighted by atomic mass is 9.85. The number of nitrogens with zero attached hydrogens (tertiary/aromatic N) is 1. The molecule has 0 radical (unpaired) electrons. The summed E-state index contributed by atoms with van der Waals surface area (Å²) in [6.45, 7) is 2.14. The van der Waals surface area contributed by atoms with Crippen molar-refractivity contribution < 1.29 is 13.2 Å². The second-order valence-corrected chi connectivity index (χ2v) is 12.0. The van der Waals surface area contributed by atoms with Crippen LogP contribution in [-0.4, -0.2) is 50.7 Å². The first kappa shape index (κ1) is 27.0. The third kappa shape index (κ3) is 6.97. The van der Waals surface area contributed by atoms with Crippen molar-refractivity contribution in [2.45, 2.75) is 61.9 Å². The van der Waals surface area contributed by atoms with Gasteiger partial charge in [0.05, 0.1) is 4.90 Å². The van der Waals surface area contributed by atoms with Crippen LogP contribution in [-0.2, 0) is 16.3 Å². The minimum Gasteiger partial charge on any atom is -0.348 e. The van der Waals surface area contributed by atoms with Crippen molar-refractivity contribution in [2.75, 3.05) is 19.3 Å². The molecule has 0 aromatic heterocycles. The Morgan fingerprint density at radius 1 is 0.971 bits per heavy atom. The maximum Gasteiger partial charge on any atom is 0.251 e. The Balaban J connectivity index is 0.00000324. The third-order valence-electron chi connectivity index (χ3n) is 7.15. The summed E-state index contributed by atoms with van der Waals surface area (Å²) in [5, 5.41) is 4.04. The summed E-state index contributed by atoms with van der Waals surface area (Å²) < 4.78 is 23.4. The van der Waals surface area contributed by atoms with Gasteiger partial charge in [0, 0.05) is 28.9 Å². The van der Waals surface area contributed by atoms with Crippen LogP contribution >= 0.6 is 24.0 Å². The van der Waals surface area contributed by atoms with Gasteiger partial charge in [-0.1, -0.05) is 36.6 Å². The molecule has 0 bridgehead atoms. The van der Waals surface area contributed by atoms with Crippen LogP contribution in [0.4, 0.5) is 0 Å². The van der Waals surface area contributed by atoms with E-state index in [1.54, 1.807) is 12.1 Å². The number of nitrogens with one attached hydrogen (secondary N) is 1. The Labute approximate surface area is 214 Å². The number of rotatable bonds is 6. The van der Waals surface area contributed by atoms with Crippen molar-refractivity contribution in [3.8, 4) is 0 Å². The van der Waals surface area contributed by atoms with Crippen molar-refractivity contribution in [3.05, 3.63) is 64.7 Å². The van der Waals surface area contributed by atoms with Crippen molar-refractivity contribution in [1.29, 1.82) is 0 Å². The van der Waals surface area contributed by atoms with Gasteiger partial charge >= 0.3 is 0 Å². The molecular weight excluding hydrogens is 491 g/mol. The summed E-state index contributed by atoms with van der Waals surface area (Å²) in [6.07, 6.45) is 9.04. The summed E-state index contributed by atoms with van der Waals surface area (Å²) in [7, 11) is -3.27. The van der Waals surface area contributed by atoms with E-state index in [1.165, 1.54) is 43.2 Å². The smallest absolute Gasteiger partial charge is 0.251 e. The first-order valence-electron chi connectivity index (χ1n) is 11.9. The van der Waals surface area contributed by atoms with Crippen LogP contribution < -0.4 is 5.32 Å². The van der Waals surface area contributed by atoms with Gasteiger partial charge in [-0.3, -0.25) is 9.69 Å². The van der Waals surface area contributed by atoms with E-state index < -0.39 is 9.84 Å². The topological polar surface area (TPSA) is 66.5 Å². The zero-order chi connectivity index (χ0) is 23.4. The van der Waals surface area contributed by atoms with Crippen LogP contribution in [0.1, 0.15) is 54.4 Å². The molecule has 1 aliphatic carbocycles. The predicted octanol–water partition coefficient (Wildman–Crippen LogP) is 5.16. The summed E-state index contributed by atoms with van der Waals surface area (Å²) in [4.78, 5) is 15.7. The summed E-state index contributed by atoms with van der Waals surface area (Å²) in [5.41, 5.74) is 1.86. The first-order valence-corrected chi connectivity index (χ1v) is 14.2. The normalized spacial score (nSPS) is 22.1. The van der Waals surface area contributed by atoms with Crippen molar-refractivity contribution >= 4 is 39.8 Å². The minimum atomic E-state index is -3.27. The summed E-state index contributed by atoms with van der Waals surface area (Å²) in [5.74, 6) is 0.567. The average molecular weight is 526 g/mol. The van der Waals surface area contributed by atoms with E-state index in [0.29, 0.717) is 17.5 Å². The number of carbonyl (C=O) groups excluding carboxylic acids is 1. The number of hydrogen-bond donors (Lipinski definition) is 1. The van der Waals surface area contributed by atoms with Crippen LogP contribution in [0.3, 0.4) is 0 Å². The molecule has 1 N–H and O–H groups in total. The minimum absolute atomic E-state index is 0. The van der Waals surface area contributed by atoms with Crippen LogP contribution in [0, 0.1) is 5.92 Å². The fourth-order valence-electron chi connectivity index (χ4n) is 5.26. The monoisotopic (exact) mass is 524 g/mol. The van der Waals surface area contributed by atoms with E-state index in [1.807, 2.05) is 12.1 Å². The number of likely N-dealkylation sites (tertiary alicyclic amines) is 1. The van der Waals surface area contributed by atoms with E-state index in [9.17, 15) is 13.2 Å². The molecule has 8 heteroatoms. The number of piperidine rings is 1. The average Bonchev–Trinajstić information content (AvgIpc) is 2.81. The van der Waals surface area contributed by atoms with Crippen LogP contribution in [0.25, 0.3) is 0 Å². The van der Waals surface area contributed by atoms with E-state index in [2.05, 4.69) is 22.3 Å². The highest BCUT2D eigenvalue weighted by Crippen LogP contribution is 2.29. The van der Waals surface area contributed by atoms with Crippen molar-refractivity contribution in [2.24, 2.45) is 5.92 Å². The molecule has 1 heterocycles. The SMILES string of the molecule is CS(=O)(=O)c1ccc(C(=O)N[C@@H]2CCCC[C@@H]2N2CCC(Cc3ccc(Cl)cc3)CC2)cc1.Cl. The molecule has 186 valence electrons. The van der Waals surface area contributed by atoms with E-state index in [4.69, 9.17) is 11.6 Å². The molecule has 4 rings (SSSR count). The van der Waals surface area contributed by atoms with Crippen molar-refractivity contribution in [1.82, 2.24) is 10.2 Å². The molecule has 0 spiro atoms. The Morgan fingerprint density at radius 2 is 1.59 bits per heavy atom. The van der Waals surface area contributed by atoms with E-state index in [-0.39, 0.29) is 29.3 Å². The molecule has 1 amide bonds. The van der Waals surface area contributed by atoms with E-state index in [0.717, 1.165) is 43.8 Å². The van der Waals surface area contributed by atoms with Gasteiger partial charge in [0.25, 0.3) is 5.91 Å². The highest BCUT2D eigenvalue weighted by molar-refractivity contribution is 7.90. The predicted molar refractivity (Wildman–Crippen MR) is 140 cm³/mol. The number of halogens is 2. The maximum atomic E-state index is 12.9. The summed E-state index contributed by atoms with van der Waals surface area (Å²) in [6, 6.07) is 14.9. The second-order valence-electron chi connectivity index (χ2n) is 9.54. The molecule has 1 saturated heterocycles. The molecule has 0 unspecified atom stereocenters. The fraction of sp³-hybridized carbons (Fsp3) is 0.500. The molecule has 1 saturated carbocycles. The number of carbonyl (C=O) groups is 1. The lowest BCUT2D eigenvalue weighted by Crippen LogP contribution is -2.55. The zero-order valence-electron chi connectivity index (χ0n) is 19.6. The van der Waals surface area contributed by atoms with Crippen LogP contribution in [0.5, 0.6) is 0 Å². The number of amides is 1. The molecular formula is C26H34Cl2N2O3S. The number of sulfone groups is 1. The van der Waals surface area contributed by atoms with Gasteiger partial charge < -0.3 is 5.32 Å². The van der Waals surface area contributed by atoms with Crippen LogP contribution in [0.2, 0.25) is 5.02 Å². The van der Waals surface area contributed by atoms with Gasteiger partial charge in [0.2, 0.25) is 0 Å². The van der Waals surface area contributed by atoms with Gasteiger partial charge in [-0.15, -0.1) is 12.4 Å². The lowest BCUT2D eigenvalue weighted by molar-refractivity contribution is 0.0706. The molecule has 2 aromatic carbocycles. The molecule has 34 heavy (non-hydrogen) atoms. The molecule has 2 aliphatic rings. The second kappa shape index (κ2) is 11.9. The number of benzene rings is 2. The Kier molecular flexibility index (Phi) is 9.44. The quantitative estimate of drug-likeness (QED) is 0.566. The lowest BCUT2D eigenvalue weighted by Gasteiger charge is -2.43. The van der Waals surface area contributed by atoms with Gasteiger partial charge in [-0.2, -0.15) is 0 Å². The Hall–Kier alpha value is -1.60. The summed E-state index contributed by atoms with van der Waals surface area (Å²) >= 11 is 6.01. The Bertz CT molecular complexity index is 1050. The largest absolute Gasteiger partial charge is 0.348 e. The standard InChI is InChI=1S/C26H33ClN2O3S.ClH/c1-33(31,32)23-12-8-21(9-13-23)26(30)28-24-4-2-3-5-25(24)29-16-14-20(15-17-29)18-19-6-10-22(27)11-7-19;/h6-13,20,24-25H,2-5,14-18H2,1H3,(H,28,30);1H/t24-,25+;/m1./s1. The molecule has 2 atom stereocenters. The Morgan fingerprint density at radius 3 is 2.21 bits per heavy atom. The van der Waals surface area contributed by atoms with Gasteiger partial charge in [0.1, 0.15) is 0 Å². The molecule has 5 nitrogen and oxygen atoms in total. The third-order valence-corrected chi connectivity index (χ3v) is 8.53. The molecule has 2 fully saturated rings.